The van der Waals surface area contributed by atoms with Gasteiger partial charge in [0.2, 0.25) is 0 Å². The van der Waals surface area contributed by atoms with Crippen LogP contribution in [-0.2, 0) is 5.75 Å². The molecule has 0 aliphatic rings. The summed E-state index contributed by atoms with van der Waals surface area (Å²) in [5.41, 5.74) is 7.73. The highest BCUT2D eigenvalue weighted by atomic mass is 32.2. The summed E-state index contributed by atoms with van der Waals surface area (Å²) in [5.74, 6) is 0.883. The predicted molar refractivity (Wildman–Crippen MR) is 72.1 cm³/mol. The number of anilines is 1. The van der Waals surface area contributed by atoms with Gasteiger partial charge in [-0.05, 0) is 24.0 Å². The Labute approximate surface area is 107 Å². The second-order valence-electron chi connectivity index (χ2n) is 3.07. The van der Waals surface area contributed by atoms with Crippen molar-refractivity contribution < 1.29 is 0 Å². The van der Waals surface area contributed by atoms with E-state index in [0.717, 1.165) is 20.1 Å². The van der Waals surface area contributed by atoms with Crippen LogP contribution in [0.2, 0.25) is 0 Å². The third-order valence-corrected chi connectivity index (χ3v) is 4.98. The Morgan fingerprint density at radius 1 is 1.31 bits per heavy atom. The smallest absolute Gasteiger partial charge is 0.175 e. The fraction of sp³-hybridized carbons (Fsp3) is 0.200. The lowest BCUT2D eigenvalue weighted by Gasteiger charge is -1.99. The molecule has 1 aromatic heterocycles. The lowest BCUT2D eigenvalue weighted by molar-refractivity contribution is 0.955. The molecule has 2 N–H and O–H groups in total. The van der Waals surface area contributed by atoms with Crippen molar-refractivity contribution in [3.8, 4) is 0 Å². The molecule has 1 aromatic carbocycles. The Bertz CT molecular complexity index is 470. The Kier molecular flexibility index (Phi) is 4.09. The Morgan fingerprint density at radius 2 is 2.12 bits per heavy atom. The third kappa shape index (κ3) is 3.13. The van der Waals surface area contributed by atoms with Crippen LogP contribution in [-0.4, -0.2) is 16.5 Å². The van der Waals surface area contributed by atoms with Crippen molar-refractivity contribution in [1.29, 1.82) is 0 Å². The van der Waals surface area contributed by atoms with E-state index in [1.165, 1.54) is 5.56 Å². The Hall–Kier alpha value is -0.720. The molecular formula is C10H11N3S3. The minimum absolute atomic E-state index is 0.806. The largest absolute Gasteiger partial charge is 0.399 e. The fourth-order valence-corrected chi connectivity index (χ4v) is 3.55. The van der Waals surface area contributed by atoms with Crippen molar-refractivity contribution in [3.05, 3.63) is 29.8 Å². The van der Waals surface area contributed by atoms with E-state index in [4.69, 9.17) is 5.73 Å². The fourth-order valence-electron chi connectivity index (χ4n) is 1.17. The van der Waals surface area contributed by atoms with Gasteiger partial charge in [-0.25, -0.2) is 0 Å². The van der Waals surface area contributed by atoms with Crippen LogP contribution in [0.25, 0.3) is 0 Å². The normalized spacial score (nSPS) is 10.6. The van der Waals surface area contributed by atoms with E-state index in [-0.39, 0.29) is 0 Å². The summed E-state index contributed by atoms with van der Waals surface area (Å²) in [4.78, 5) is 0. The Morgan fingerprint density at radius 3 is 2.81 bits per heavy atom. The highest BCUT2D eigenvalue weighted by Gasteiger charge is 2.04. The molecule has 0 bridgehead atoms. The molecule has 2 rings (SSSR count). The molecule has 2 aromatic rings. The zero-order valence-corrected chi connectivity index (χ0v) is 11.2. The van der Waals surface area contributed by atoms with Crippen LogP contribution in [0.3, 0.4) is 0 Å². The monoisotopic (exact) mass is 269 g/mol. The SMILES string of the molecule is CSc1nnc(SCc2cccc(N)c2)s1. The number of aromatic nitrogens is 2. The summed E-state index contributed by atoms with van der Waals surface area (Å²) in [6.07, 6.45) is 2.01. The number of hydrogen-bond acceptors (Lipinski definition) is 6. The second-order valence-corrected chi connectivity index (χ2v) is 6.33. The molecule has 16 heavy (non-hydrogen) atoms. The number of benzene rings is 1. The molecule has 6 heteroatoms. The van der Waals surface area contributed by atoms with Gasteiger partial charge in [-0.15, -0.1) is 10.2 Å². The number of rotatable bonds is 4. The summed E-state index contributed by atoms with van der Waals surface area (Å²) in [7, 11) is 0. The first-order chi connectivity index (χ1) is 7.78. The third-order valence-electron chi connectivity index (χ3n) is 1.88. The molecule has 84 valence electrons. The average Bonchev–Trinajstić information content (AvgIpc) is 2.74. The van der Waals surface area contributed by atoms with Crippen LogP contribution >= 0.6 is 34.9 Å². The maximum Gasteiger partial charge on any atom is 0.175 e. The first-order valence-electron chi connectivity index (χ1n) is 4.62. The first kappa shape index (κ1) is 11.8. The molecule has 0 unspecified atom stereocenters. The van der Waals surface area contributed by atoms with Crippen LogP contribution < -0.4 is 5.73 Å². The van der Waals surface area contributed by atoms with Crippen LogP contribution in [0.4, 0.5) is 5.69 Å². The maximum atomic E-state index is 5.72. The predicted octanol–water partition coefficient (Wildman–Crippen LogP) is 3.13. The molecule has 0 aliphatic carbocycles. The molecule has 0 saturated heterocycles. The average molecular weight is 269 g/mol. The summed E-state index contributed by atoms with van der Waals surface area (Å²) in [5, 5.41) is 8.15. The van der Waals surface area contributed by atoms with E-state index in [0.29, 0.717) is 0 Å². The molecule has 0 radical (unpaired) electrons. The van der Waals surface area contributed by atoms with Crippen molar-refractivity contribution in [2.75, 3.05) is 12.0 Å². The zero-order chi connectivity index (χ0) is 11.4. The second kappa shape index (κ2) is 5.56. The minimum atomic E-state index is 0.806. The van der Waals surface area contributed by atoms with Crippen molar-refractivity contribution >= 4 is 40.5 Å². The van der Waals surface area contributed by atoms with E-state index in [2.05, 4.69) is 16.3 Å². The number of nitrogen functional groups attached to an aromatic ring is 1. The van der Waals surface area contributed by atoms with Gasteiger partial charge < -0.3 is 5.73 Å². The first-order valence-corrected chi connectivity index (χ1v) is 7.65. The maximum absolute atomic E-state index is 5.72. The van der Waals surface area contributed by atoms with Crippen molar-refractivity contribution in [3.63, 3.8) is 0 Å². The molecular weight excluding hydrogens is 258 g/mol. The van der Waals surface area contributed by atoms with E-state index < -0.39 is 0 Å². The molecule has 0 fully saturated rings. The summed E-state index contributed by atoms with van der Waals surface area (Å²) >= 11 is 4.95. The van der Waals surface area contributed by atoms with Gasteiger partial charge >= 0.3 is 0 Å². The number of hydrogen-bond donors (Lipinski definition) is 1. The number of nitrogens with zero attached hydrogens (tertiary/aromatic N) is 2. The van der Waals surface area contributed by atoms with Crippen molar-refractivity contribution in [1.82, 2.24) is 10.2 Å². The van der Waals surface area contributed by atoms with Gasteiger partial charge in [0.15, 0.2) is 8.68 Å². The summed E-state index contributed by atoms with van der Waals surface area (Å²) in [6, 6.07) is 7.92. The van der Waals surface area contributed by atoms with Gasteiger partial charge in [0.25, 0.3) is 0 Å². The van der Waals surface area contributed by atoms with Gasteiger partial charge in [-0.2, -0.15) is 0 Å². The molecule has 0 atom stereocenters. The van der Waals surface area contributed by atoms with Gasteiger partial charge in [-0.1, -0.05) is 47.0 Å². The van der Waals surface area contributed by atoms with E-state index >= 15 is 0 Å². The molecule has 0 saturated carbocycles. The molecule has 1 heterocycles. The molecule has 0 aliphatic heterocycles. The standard InChI is InChI=1S/C10H11N3S3/c1-14-9-12-13-10(16-9)15-6-7-3-2-4-8(11)5-7/h2-5H,6,11H2,1H3. The minimum Gasteiger partial charge on any atom is -0.399 e. The molecule has 3 nitrogen and oxygen atoms in total. The van der Waals surface area contributed by atoms with Crippen LogP contribution in [0.1, 0.15) is 5.56 Å². The summed E-state index contributed by atoms with van der Waals surface area (Å²) in [6.45, 7) is 0. The van der Waals surface area contributed by atoms with E-state index in [1.54, 1.807) is 34.9 Å². The van der Waals surface area contributed by atoms with Crippen molar-refractivity contribution in [2.24, 2.45) is 0 Å². The summed E-state index contributed by atoms with van der Waals surface area (Å²) < 4.78 is 2.02. The van der Waals surface area contributed by atoms with E-state index in [9.17, 15) is 0 Å². The van der Waals surface area contributed by atoms with Gasteiger partial charge in [0, 0.05) is 11.4 Å². The van der Waals surface area contributed by atoms with Crippen LogP contribution in [0.5, 0.6) is 0 Å². The number of thioether (sulfide) groups is 2. The topological polar surface area (TPSA) is 51.8 Å². The molecule has 0 spiro atoms. The lowest BCUT2D eigenvalue weighted by atomic mass is 10.2. The van der Waals surface area contributed by atoms with E-state index in [1.807, 2.05) is 24.5 Å². The van der Waals surface area contributed by atoms with Crippen LogP contribution in [0.15, 0.2) is 32.9 Å². The molecule has 0 amide bonds. The van der Waals surface area contributed by atoms with Gasteiger partial charge in [-0.3, -0.25) is 0 Å². The van der Waals surface area contributed by atoms with Crippen LogP contribution in [0, 0.1) is 0 Å². The van der Waals surface area contributed by atoms with Gasteiger partial charge in [0.05, 0.1) is 0 Å². The zero-order valence-electron chi connectivity index (χ0n) is 8.71. The van der Waals surface area contributed by atoms with Crippen molar-refractivity contribution in [2.45, 2.75) is 14.4 Å². The lowest BCUT2D eigenvalue weighted by Crippen LogP contribution is -1.86. The Balaban J connectivity index is 1.96. The highest BCUT2D eigenvalue weighted by Crippen LogP contribution is 2.29. The van der Waals surface area contributed by atoms with Gasteiger partial charge in [0.1, 0.15) is 0 Å². The number of nitrogens with two attached hydrogens (primary N) is 1. The highest BCUT2D eigenvalue weighted by molar-refractivity contribution is 8.02. The quantitative estimate of drug-likeness (QED) is 0.682.